The van der Waals surface area contributed by atoms with Crippen molar-refractivity contribution in [2.45, 2.75) is 115 Å². The van der Waals surface area contributed by atoms with Crippen molar-refractivity contribution in [2.24, 2.45) is 22.7 Å². The van der Waals surface area contributed by atoms with Crippen LogP contribution in [0.2, 0.25) is 0 Å². The third-order valence-corrected chi connectivity index (χ3v) is 12.6. The maximum absolute atomic E-state index is 12.6. The topological polar surface area (TPSA) is 351 Å². The summed E-state index contributed by atoms with van der Waals surface area (Å²) in [7, 11) is 0. The predicted octanol–water partition coefficient (Wildman–Crippen LogP) is 3.21. The van der Waals surface area contributed by atoms with E-state index in [1.807, 2.05) is 0 Å². The van der Waals surface area contributed by atoms with Gasteiger partial charge in [-0.3, -0.25) is 38.4 Å². The summed E-state index contributed by atoms with van der Waals surface area (Å²) in [6.07, 6.45) is -0.115. The number of nitrogens with one attached hydrogen (secondary N) is 2. The van der Waals surface area contributed by atoms with Crippen molar-refractivity contribution in [1.82, 2.24) is 15.6 Å². The van der Waals surface area contributed by atoms with Crippen molar-refractivity contribution in [3.63, 3.8) is 0 Å². The Morgan fingerprint density at radius 3 is 1.81 bits per heavy atom. The van der Waals surface area contributed by atoms with Crippen molar-refractivity contribution in [3.8, 4) is 0 Å². The Balaban J connectivity index is 0.00000871. The molecule has 0 radical (unpaired) electrons. The Hall–Kier alpha value is -5.92. The summed E-state index contributed by atoms with van der Waals surface area (Å²) in [5.74, 6) is -11.6. The minimum atomic E-state index is -1.42. The third kappa shape index (κ3) is 11.4. The van der Waals surface area contributed by atoms with Crippen LogP contribution in [-0.2, 0) is 74.7 Å². The van der Waals surface area contributed by atoms with Crippen LogP contribution in [0.4, 0.5) is 0 Å². The van der Waals surface area contributed by atoms with Gasteiger partial charge in [-0.25, -0.2) is 0 Å². The number of hydrogen-bond donors (Lipinski definition) is 10. The van der Waals surface area contributed by atoms with E-state index in [2.05, 4.69) is 10.6 Å². The number of aromatic nitrogens is 1. The molecule has 0 saturated carbocycles. The van der Waals surface area contributed by atoms with Gasteiger partial charge < -0.3 is 61.8 Å². The third-order valence-electron chi connectivity index (χ3n) is 12.6. The van der Waals surface area contributed by atoms with Crippen LogP contribution in [0.5, 0.6) is 0 Å². The Morgan fingerprint density at radius 2 is 1.24 bits per heavy atom. The van der Waals surface area contributed by atoms with Gasteiger partial charge >= 0.3 is 64.8 Å². The average Bonchev–Trinajstić information content (AvgIpc) is 3.77. The number of carboxylic acids is 8. The summed E-state index contributed by atoms with van der Waals surface area (Å²) in [6.45, 7) is 3.19. The van der Waals surface area contributed by atoms with E-state index in [0.29, 0.717) is 5.57 Å². The number of carboxylic acid groups (broad SMARTS) is 8. The van der Waals surface area contributed by atoms with E-state index in [-0.39, 0.29) is 94.4 Å². The van der Waals surface area contributed by atoms with E-state index < -0.39 is 140 Å². The standard InChI is InChI=1S/C42H50N4O16.Fe/c1-41(17-39(59)60)23(5-9-35(51)52)29-14-27-21(11-37(55)56)19(3-7-33(47)48)25(43-27)13-26-20(4-8-34(49)50)22(12-38(57)58)28(44-26)15-31-42(2,18-40(61)62)24(6-10-36(53)54)30(46-31)16-32(41)45-29;/h14-16,23-25,27,30,43,46H,3-13,17-18H2,1-2H3,(H,47,48)(H,49,50)(H,51,52)(H,53,54)(H,55,56)(H,57,58)(H,59,60)(H,61,62);/q-2;+4/t23-,24+,25+,27?,30?,41-,42+;/m1./s1. The second-order valence-electron chi connectivity index (χ2n) is 16.8. The fraction of sp³-hybridized carbons (Fsp3) is 0.524. The van der Waals surface area contributed by atoms with E-state index in [9.17, 15) is 79.2 Å². The maximum Gasteiger partial charge on any atom is 4.00 e. The second kappa shape index (κ2) is 20.1. The zero-order chi connectivity index (χ0) is 45.8. The van der Waals surface area contributed by atoms with Gasteiger partial charge in [0.15, 0.2) is 0 Å². The molecule has 4 aliphatic heterocycles. The van der Waals surface area contributed by atoms with Crippen molar-refractivity contribution < 1.29 is 96.3 Å². The van der Waals surface area contributed by atoms with E-state index in [0.717, 1.165) is 0 Å². The molecule has 1 aromatic rings. The van der Waals surface area contributed by atoms with E-state index in [1.165, 1.54) is 6.08 Å². The zero-order valence-corrected chi connectivity index (χ0v) is 35.5. The second-order valence-corrected chi connectivity index (χ2v) is 16.8. The number of fused-ring (bicyclic) bond motifs is 8. The van der Waals surface area contributed by atoms with E-state index in [1.54, 1.807) is 26.0 Å². The first-order valence-corrected chi connectivity index (χ1v) is 20.1. The van der Waals surface area contributed by atoms with Crippen LogP contribution in [0, 0.1) is 22.7 Å². The van der Waals surface area contributed by atoms with Crippen LogP contribution in [-0.4, -0.2) is 107 Å². The Morgan fingerprint density at radius 1 is 0.667 bits per heavy atom. The van der Waals surface area contributed by atoms with Gasteiger partial charge in [0.1, 0.15) is 0 Å². The molecule has 4 aliphatic rings. The van der Waals surface area contributed by atoms with Crippen molar-refractivity contribution in [1.29, 1.82) is 0 Å². The van der Waals surface area contributed by atoms with Crippen LogP contribution in [0.3, 0.4) is 0 Å². The first-order valence-electron chi connectivity index (χ1n) is 20.1. The molecule has 0 aromatic carbocycles. The molecule has 0 spiro atoms. The molecule has 5 rings (SSSR count). The number of carbonyl (C=O) groups is 8. The first-order chi connectivity index (χ1) is 29.0. The molecule has 2 fully saturated rings. The summed E-state index contributed by atoms with van der Waals surface area (Å²) in [4.78, 5) is 103. The van der Waals surface area contributed by atoms with Gasteiger partial charge in [0.05, 0.1) is 25.7 Å². The fourth-order valence-electron chi connectivity index (χ4n) is 9.79. The molecule has 63 heavy (non-hydrogen) atoms. The smallest absolute Gasteiger partial charge is 0.664 e. The maximum atomic E-state index is 12.6. The van der Waals surface area contributed by atoms with Crippen LogP contribution in [0.15, 0.2) is 40.4 Å². The SMILES string of the molecule is C[C@]1(CC(=O)O)C2=CC3NC(=Cc4[n-]c(c(CCC(=O)O)c4CC(=O)O)C[C@@H]4NC(C=C([N-]2)[C@H]1CCC(=O)O)C(CC(=O)O)=C4CCC(=O)O)[C@@](C)(CC(=O)O)[C@H]3CCC(=O)O.[Fe+4]. The molecular weight excluding hydrogens is 872 g/mol. The summed E-state index contributed by atoms with van der Waals surface area (Å²) >= 11 is 0. The summed E-state index contributed by atoms with van der Waals surface area (Å²) in [5.41, 5.74) is -0.960. The molecule has 21 heteroatoms. The largest absolute Gasteiger partial charge is 4.00 e. The molecule has 2 unspecified atom stereocenters. The normalized spacial score (nSPS) is 26.0. The van der Waals surface area contributed by atoms with Crippen molar-refractivity contribution in [3.05, 3.63) is 68.2 Å². The molecule has 20 nitrogen and oxygen atoms in total. The summed E-state index contributed by atoms with van der Waals surface area (Å²) < 4.78 is 0. The van der Waals surface area contributed by atoms with Gasteiger partial charge in [0.25, 0.3) is 0 Å². The van der Waals surface area contributed by atoms with Gasteiger partial charge in [-0.15, -0.1) is 5.69 Å². The van der Waals surface area contributed by atoms with Gasteiger partial charge in [-0.2, -0.15) is 17.1 Å². The number of allylic oxidation sites excluding steroid dienone is 3. The number of aliphatic carboxylic acids is 8. The number of nitrogens with zero attached hydrogens (tertiary/aromatic N) is 2. The fourth-order valence-corrected chi connectivity index (χ4v) is 9.79. The van der Waals surface area contributed by atoms with Crippen LogP contribution in [0.25, 0.3) is 11.4 Å². The Kier molecular flexibility index (Phi) is 15.8. The average molecular weight is 923 g/mol. The molecule has 7 atom stereocenters. The Labute approximate surface area is 371 Å². The molecule has 0 aliphatic carbocycles. The van der Waals surface area contributed by atoms with Crippen molar-refractivity contribution in [2.75, 3.05) is 0 Å². The molecule has 8 bridgehead atoms. The van der Waals surface area contributed by atoms with Crippen LogP contribution < -0.4 is 15.6 Å². The van der Waals surface area contributed by atoms with Crippen molar-refractivity contribution >= 4 is 53.8 Å². The molecular formula is C42H50FeN4O16+2. The van der Waals surface area contributed by atoms with E-state index >= 15 is 0 Å². The first kappa shape index (κ1) is 49.7. The minimum Gasteiger partial charge on any atom is -0.664 e. The minimum absolute atomic E-state index is 0. The molecule has 1 aromatic heterocycles. The quantitative estimate of drug-likeness (QED) is 0.0663. The number of hydrogen-bond acceptors (Lipinski definition) is 10. The molecule has 340 valence electrons. The molecule has 10 N–H and O–H groups in total. The van der Waals surface area contributed by atoms with Gasteiger partial charge in [-0.05, 0) is 60.5 Å². The van der Waals surface area contributed by atoms with Crippen LogP contribution in [0.1, 0.15) is 101 Å². The Bertz CT molecular complexity index is 2190. The predicted molar refractivity (Wildman–Crippen MR) is 213 cm³/mol. The molecule has 2 saturated heterocycles. The summed E-state index contributed by atoms with van der Waals surface area (Å²) in [5, 5.41) is 91.4. The van der Waals surface area contributed by atoms with E-state index in [4.69, 9.17) is 10.3 Å². The summed E-state index contributed by atoms with van der Waals surface area (Å²) in [6, 6.07) is -2.78. The number of rotatable bonds is 20. The monoisotopic (exact) mass is 922 g/mol. The zero-order valence-electron chi connectivity index (χ0n) is 34.4. The molecule has 0 amide bonds. The van der Waals surface area contributed by atoms with Gasteiger partial charge in [0.2, 0.25) is 0 Å². The van der Waals surface area contributed by atoms with Gasteiger partial charge in [0, 0.05) is 54.9 Å². The van der Waals surface area contributed by atoms with Gasteiger partial charge in [-0.1, -0.05) is 43.2 Å². The molecule has 5 heterocycles. The van der Waals surface area contributed by atoms with Crippen LogP contribution >= 0.6 is 0 Å².